The summed E-state index contributed by atoms with van der Waals surface area (Å²) in [5, 5.41) is 7.09. The molecule has 0 atom stereocenters. The summed E-state index contributed by atoms with van der Waals surface area (Å²) in [6.45, 7) is 7.97. The van der Waals surface area contributed by atoms with E-state index < -0.39 is 0 Å². The Labute approximate surface area is 140 Å². The largest absolute Gasteiger partial charge is 0.444 e. The van der Waals surface area contributed by atoms with Crippen molar-refractivity contribution in [3.05, 3.63) is 52.6 Å². The Morgan fingerprint density at radius 2 is 1.88 bits per heavy atom. The summed E-state index contributed by atoms with van der Waals surface area (Å²) in [4.78, 5) is 16.9. The molecule has 0 bridgehead atoms. The molecule has 3 aromatic heterocycles. The third-order valence-corrected chi connectivity index (χ3v) is 4.11. The number of carbonyl (C=O) groups is 1. The van der Waals surface area contributed by atoms with Crippen LogP contribution in [0.5, 0.6) is 0 Å². The first-order chi connectivity index (χ1) is 11.4. The molecule has 0 saturated heterocycles. The van der Waals surface area contributed by atoms with Crippen LogP contribution in [0, 0.1) is 27.7 Å². The molecule has 0 aromatic carbocycles. The van der Waals surface area contributed by atoms with Gasteiger partial charge in [0.25, 0.3) is 5.91 Å². The molecule has 0 spiro atoms. The van der Waals surface area contributed by atoms with Gasteiger partial charge >= 0.3 is 0 Å². The quantitative estimate of drug-likeness (QED) is 0.798. The first kappa shape index (κ1) is 16.0. The van der Waals surface area contributed by atoms with Gasteiger partial charge in [-0.05, 0) is 39.8 Å². The molecule has 0 aliphatic carbocycles. The Balaban J connectivity index is 1.86. The van der Waals surface area contributed by atoms with Crippen LogP contribution in [0.15, 0.2) is 22.7 Å². The van der Waals surface area contributed by atoms with Crippen LogP contribution in [-0.4, -0.2) is 25.2 Å². The summed E-state index contributed by atoms with van der Waals surface area (Å²) in [7, 11) is 1.83. The number of aromatic nitrogens is 4. The van der Waals surface area contributed by atoms with Crippen molar-refractivity contribution < 1.29 is 9.21 Å². The zero-order chi connectivity index (χ0) is 17.4. The Hall–Kier alpha value is -2.83. The lowest BCUT2D eigenvalue weighted by Gasteiger charge is -2.12. The zero-order valence-corrected chi connectivity index (χ0v) is 14.5. The van der Waals surface area contributed by atoms with Gasteiger partial charge in [-0.2, -0.15) is 5.10 Å². The number of carbonyl (C=O) groups excluding carboxylic acids is 1. The molecule has 1 amide bonds. The van der Waals surface area contributed by atoms with Gasteiger partial charge in [0.15, 0.2) is 0 Å². The van der Waals surface area contributed by atoms with E-state index in [2.05, 4.69) is 15.4 Å². The molecule has 1 N–H and O–H groups in total. The number of rotatable bonds is 4. The molecule has 0 unspecified atom stereocenters. The van der Waals surface area contributed by atoms with Crippen LogP contribution in [-0.2, 0) is 13.6 Å². The van der Waals surface area contributed by atoms with E-state index in [0.29, 0.717) is 11.5 Å². The lowest BCUT2D eigenvalue weighted by atomic mass is 10.3. The highest BCUT2D eigenvalue weighted by atomic mass is 16.4. The summed E-state index contributed by atoms with van der Waals surface area (Å²) < 4.78 is 9.21. The highest BCUT2D eigenvalue weighted by molar-refractivity contribution is 5.97. The number of amides is 1. The Morgan fingerprint density at radius 3 is 2.46 bits per heavy atom. The van der Waals surface area contributed by atoms with Gasteiger partial charge in [-0.3, -0.25) is 9.48 Å². The molecular formula is C17H21N5O2. The SMILES string of the molecule is Cc1nc(CNC(=O)c2cnn(C)c2-n2c(C)ccc2C)oc1C. The molecule has 3 heterocycles. The average molecular weight is 327 g/mol. The van der Waals surface area contributed by atoms with Crippen molar-refractivity contribution in [3.8, 4) is 5.82 Å². The van der Waals surface area contributed by atoms with Crippen LogP contribution in [0.3, 0.4) is 0 Å². The van der Waals surface area contributed by atoms with Gasteiger partial charge in [0, 0.05) is 18.4 Å². The number of oxazole rings is 1. The van der Waals surface area contributed by atoms with Gasteiger partial charge < -0.3 is 14.3 Å². The minimum atomic E-state index is -0.209. The van der Waals surface area contributed by atoms with Crippen molar-refractivity contribution >= 4 is 5.91 Å². The fraction of sp³-hybridized carbons (Fsp3) is 0.353. The average Bonchev–Trinajstić information content (AvgIpc) is 3.16. The smallest absolute Gasteiger partial charge is 0.257 e. The number of hydrogen-bond acceptors (Lipinski definition) is 4. The molecule has 0 fully saturated rings. The highest BCUT2D eigenvalue weighted by Gasteiger charge is 2.20. The maximum atomic E-state index is 12.6. The molecule has 0 saturated carbocycles. The highest BCUT2D eigenvalue weighted by Crippen LogP contribution is 2.20. The second kappa shape index (κ2) is 5.99. The Bertz CT molecular complexity index is 861. The molecular weight excluding hydrogens is 306 g/mol. The summed E-state index contributed by atoms with van der Waals surface area (Å²) >= 11 is 0. The number of nitrogens with one attached hydrogen (secondary N) is 1. The van der Waals surface area contributed by atoms with E-state index in [0.717, 1.165) is 28.7 Å². The van der Waals surface area contributed by atoms with E-state index in [1.54, 1.807) is 10.9 Å². The summed E-state index contributed by atoms with van der Waals surface area (Å²) in [5.74, 6) is 1.79. The van der Waals surface area contributed by atoms with Gasteiger partial charge in [-0.25, -0.2) is 4.98 Å². The van der Waals surface area contributed by atoms with E-state index in [4.69, 9.17) is 4.42 Å². The number of hydrogen-bond donors (Lipinski definition) is 1. The van der Waals surface area contributed by atoms with E-state index in [1.165, 1.54) is 0 Å². The fourth-order valence-electron chi connectivity index (χ4n) is 2.72. The van der Waals surface area contributed by atoms with Crippen molar-refractivity contribution in [1.82, 2.24) is 24.6 Å². The van der Waals surface area contributed by atoms with Crippen molar-refractivity contribution in [2.24, 2.45) is 7.05 Å². The maximum absolute atomic E-state index is 12.6. The van der Waals surface area contributed by atoms with Crippen molar-refractivity contribution in [2.75, 3.05) is 0 Å². The monoisotopic (exact) mass is 327 g/mol. The lowest BCUT2D eigenvalue weighted by molar-refractivity contribution is 0.0947. The van der Waals surface area contributed by atoms with Crippen molar-refractivity contribution in [1.29, 1.82) is 0 Å². The van der Waals surface area contributed by atoms with Crippen LogP contribution in [0.1, 0.15) is 39.1 Å². The molecule has 0 radical (unpaired) electrons. The topological polar surface area (TPSA) is 77.9 Å². The van der Waals surface area contributed by atoms with Crippen LogP contribution in [0.25, 0.3) is 5.82 Å². The minimum absolute atomic E-state index is 0.209. The second-order valence-corrected chi connectivity index (χ2v) is 5.89. The van der Waals surface area contributed by atoms with E-state index in [1.807, 2.05) is 51.4 Å². The molecule has 0 aliphatic heterocycles. The number of aryl methyl sites for hydroxylation is 5. The third-order valence-electron chi connectivity index (χ3n) is 4.11. The van der Waals surface area contributed by atoms with Gasteiger partial charge in [0.1, 0.15) is 17.1 Å². The molecule has 7 nitrogen and oxygen atoms in total. The predicted octanol–water partition coefficient (Wildman–Crippen LogP) is 2.36. The van der Waals surface area contributed by atoms with Crippen LogP contribution in [0.4, 0.5) is 0 Å². The normalized spacial score (nSPS) is 11.0. The number of nitrogens with zero attached hydrogens (tertiary/aromatic N) is 4. The molecule has 24 heavy (non-hydrogen) atoms. The van der Waals surface area contributed by atoms with Crippen molar-refractivity contribution in [2.45, 2.75) is 34.2 Å². The summed E-state index contributed by atoms with van der Waals surface area (Å²) in [5.41, 5.74) is 3.44. The van der Waals surface area contributed by atoms with Crippen LogP contribution >= 0.6 is 0 Å². The maximum Gasteiger partial charge on any atom is 0.257 e. The second-order valence-electron chi connectivity index (χ2n) is 5.89. The predicted molar refractivity (Wildman–Crippen MR) is 89.2 cm³/mol. The zero-order valence-electron chi connectivity index (χ0n) is 14.5. The molecule has 3 rings (SSSR count). The summed E-state index contributed by atoms with van der Waals surface area (Å²) in [6, 6.07) is 4.03. The molecule has 7 heteroatoms. The van der Waals surface area contributed by atoms with Crippen LogP contribution < -0.4 is 5.32 Å². The molecule has 126 valence electrons. The minimum Gasteiger partial charge on any atom is -0.444 e. The molecule has 0 aliphatic rings. The van der Waals surface area contributed by atoms with E-state index in [-0.39, 0.29) is 12.5 Å². The van der Waals surface area contributed by atoms with Crippen molar-refractivity contribution in [3.63, 3.8) is 0 Å². The van der Waals surface area contributed by atoms with E-state index >= 15 is 0 Å². The van der Waals surface area contributed by atoms with Gasteiger partial charge in [0.2, 0.25) is 5.89 Å². The fourth-order valence-corrected chi connectivity index (χ4v) is 2.72. The lowest BCUT2D eigenvalue weighted by Crippen LogP contribution is -2.24. The summed E-state index contributed by atoms with van der Waals surface area (Å²) in [6.07, 6.45) is 1.58. The van der Waals surface area contributed by atoms with Crippen LogP contribution in [0.2, 0.25) is 0 Å². The van der Waals surface area contributed by atoms with E-state index in [9.17, 15) is 4.79 Å². The van der Waals surface area contributed by atoms with Gasteiger partial charge in [-0.15, -0.1) is 0 Å². The van der Waals surface area contributed by atoms with Gasteiger partial charge in [-0.1, -0.05) is 0 Å². The van der Waals surface area contributed by atoms with Gasteiger partial charge in [0.05, 0.1) is 18.4 Å². The molecule has 3 aromatic rings. The standard InChI is InChI=1S/C17H21N5O2/c1-10-6-7-11(2)22(10)17-14(8-19-21(17)5)16(23)18-9-15-20-12(3)13(4)24-15/h6-8H,9H2,1-5H3,(H,18,23). The Kier molecular flexibility index (Phi) is 4.01. The third kappa shape index (κ3) is 2.73. The Morgan fingerprint density at radius 1 is 1.21 bits per heavy atom. The first-order valence-electron chi connectivity index (χ1n) is 7.77. The first-order valence-corrected chi connectivity index (χ1v) is 7.77.